The monoisotopic (exact) mass is 247 g/mol. The molecule has 0 saturated carbocycles. The van der Waals surface area contributed by atoms with E-state index in [1.54, 1.807) is 19.2 Å². The molecule has 16 heavy (non-hydrogen) atoms. The molecule has 0 heterocycles. The predicted octanol–water partition coefficient (Wildman–Crippen LogP) is 1.58. The van der Waals surface area contributed by atoms with Crippen LogP contribution in [0.2, 0.25) is 5.02 Å². The lowest BCUT2D eigenvalue weighted by atomic mass is 10.2. The number of halogens is 2. The second-order valence-electron chi connectivity index (χ2n) is 3.42. The van der Waals surface area contributed by atoms with Gasteiger partial charge >= 0.3 is 0 Å². The molecule has 0 aliphatic carbocycles. The van der Waals surface area contributed by atoms with Gasteiger partial charge in [0, 0.05) is 24.2 Å². The number of rotatable bonds is 6. The lowest BCUT2D eigenvalue weighted by Crippen LogP contribution is -2.36. The van der Waals surface area contributed by atoms with Gasteiger partial charge in [-0.1, -0.05) is 17.7 Å². The number of hydrogen-bond donors (Lipinski definition) is 2. The third-order valence-corrected chi connectivity index (χ3v) is 2.57. The SMILES string of the molecule is COCC(CO)NCc1c(F)cccc1Cl. The van der Waals surface area contributed by atoms with Gasteiger partial charge in [-0.05, 0) is 12.1 Å². The van der Waals surface area contributed by atoms with Gasteiger partial charge in [-0.2, -0.15) is 0 Å². The summed E-state index contributed by atoms with van der Waals surface area (Å²) in [5, 5.41) is 12.3. The zero-order valence-corrected chi connectivity index (χ0v) is 9.80. The molecule has 0 spiro atoms. The second kappa shape index (κ2) is 6.81. The van der Waals surface area contributed by atoms with Crippen LogP contribution in [-0.4, -0.2) is 31.5 Å². The molecule has 1 rings (SSSR count). The first-order chi connectivity index (χ1) is 7.69. The Balaban J connectivity index is 2.59. The summed E-state index contributed by atoms with van der Waals surface area (Å²) in [7, 11) is 1.54. The minimum atomic E-state index is -0.353. The van der Waals surface area contributed by atoms with Crippen LogP contribution in [0.4, 0.5) is 4.39 Å². The van der Waals surface area contributed by atoms with Crippen molar-refractivity contribution >= 4 is 11.6 Å². The van der Waals surface area contributed by atoms with Crippen LogP contribution in [0.25, 0.3) is 0 Å². The lowest BCUT2D eigenvalue weighted by molar-refractivity contribution is 0.128. The molecule has 1 aromatic carbocycles. The molecule has 1 aromatic rings. The first kappa shape index (κ1) is 13.4. The fraction of sp³-hybridized carbons (Fsp3) is 0.455. The Hall–Kier alpha value is -0.680. The highest BCUT2D eigenvalue weighted by molar-refractivity contribution is 6.31. The molecule has 0 fully saturated rings. The van der Waals surface area contributed by atoms with Crippen LogP contribution in [0.1, 0.15) is 5.56 Å². The van der Waals surface area contributed by atoms with E-state index in [-0.39, 0.29) is 25.0 Å². The maximum Gasteiger partial charge on any atom is 0.129 e. The van der Waals surface area contributed by atoms with Crippen molar-refractivity contribution in [1.82, 2.24) is 5.32 Å². The van der Waals surface area contributed by atoms with Crippen LogP contribution in [0.5, 0.6) is 0 Å². The van der Waals surface area contributed by atoms with Gasteiger partial charge in [-0.15, -0.1) is 0 Å². The Morgan fingerprint density at radius 3 is 2.88 bits per heavy atom. The molecule has 0 aromatic heterocycles. The van der Waals surface area contributed by atoms with E-state index in [1.165, 1.54) is 6.07 Å². The summed E-state index contributed by atoms with van der Waals surface area (Å²) in [5.74, 6) is -0.353. The number of ether oxygens (including phenoxy) is 1. The van der Waals surface area contributed by atoms with Crippen molar-refractivity contribution in [2.75, 3.05) is 20.3 Å². The van der Waals surface area contributed by atoms with Crippen LogP contribution in [0.3, 0.4) is 0 Å². The molecule has 0 aliphatic heterocycles. The normalized spacial score (nSPS) is 12.8. The summed E-state index contributed by atoms with van der Waals surface area (Å²) in [5.41, 5.74) is 0.402. The van der Waals surface area contributed by atoms with Gasteiger partial charge in [-0.3, -0.25) is 0 Å². The molecular formula is C11H15ClFNO2. The van der Waals surface area contributed by atoms with E-state index in [0.29, 0.717) is 17.2 Å². The van der Waals surface area contributed by atoms with Crippen LogP contribution < -0.4 is 5.32 Å². The summed E-state index contributed by atoms with van der Waals surface area (Å²) in [4.78, 5) is 0. The van der Waals surface area contributed by atoms with E-state index >= 15 is 0 Å². The van der Waals surface area contributed by atoms with Gasteiger partial charge < -0.3 is 15.2 Å². The van der Waals surface area contributed by atoms with Gasteiger partial charge in [0.05, 0.1) is 19.3 Å². The molecule has 2 N–H and O–H groups in total. The second-order valence-corrected chi connectivity index (χ2v) is 3.82. The average Bonchev–Trinajstić information content (AvgIpc) is 2.27. The maximum atomic E-state index is 13.4. The largest absolute Gasteiger partial charge is 0.395 e. The van der Waals surface area contributed by atoms with Crippen molar-refractivity contribution in [3.05, 3.63) is 34.6 Å². The molecule has 90 valence electrons. The molecule has 5 heteroatoms. The quantitative estimate of drug-likeness (QED) is 0.802. The van der Waals surface area contributed by atoms with E-state index < -0.39 is 0 Å². The summed E-state index contributed by atoms with van der Waals surface area (Å²) < 4.78 is 18.3. The zero-order chi connectivity index (χ0) is 12.0. The Bertz CT molecular complexity index is 316. The first-order valence-electron chi connectivity index (χ1n) is 4.95. The lowest BCUT2D eigenvalue weighted by Gasteiger charge is -2.16. The molecule has 1 unspecified atom stereocenters. The summed E-state index contributed by atoms with van der Waals surface area (Å²) in [6, 6.07) is 4.32. The molecule has 0 radical (unpaired) electrons. The number of aliphatic hydroxyl groups excluding tert-OH is 1. The molecular weight excluding hydrogens is 233 g/mol. The van der Waals surface area contributed by atoms with Crippen molar-refractivity contribution in [2.45, 2.75) is 12.6 Å². The van der Waals surface area contributed by atoms with Crippen LogP contribution in [-0.2, 0) is 11.3 Å². The highest BCUT2D eigenvalue weighted by atomic mass is 35.5. The van der Waals surface area contributed by atoms with Crippen LogP contribution in [0, 0.1) is 5.82 Å². The van der Waals surface area contributed by atoms with Gasteiger partial charge in [0.15, 0.2) is 0 Å². The van der Waals surface area contributed by atoms with Gasteiger partial charge in [0.25, 0.3) is 0 Å². The predicted molar refractivity (Wildman–Crippen MR) is 61.0 cm³/mol. The molecule has 0 bridgehead atoms. The highest BCUT2D eigenvalue weighted by Gasteiger charge is 2.10. The summed E-state index contributed by atoms with van der Waals surface area (Å²) in [6.07, 6.45) is 0. The van der Waals surface area contributed by atoms with Crippen molar-refractivity contribution in [3.8, 4) is 0 Å². The Kier molecular flexibility index (Phi) is 5.69. The maximum absolute atomic E-state index is 13.4. The number of hydrogen-bond acceptors (Lipinski definition) is 3. The van der Waals surface area contributed by atoms with Gasteiger partial charge in [0.1, 0.15) is 5.82 Å². The fourth-order valence-electron chi connectivity index (χ4n) is 1.32. The first-order valence-corrected chi connectivity index (χ1v) is 5.33. The number of benzene rings is 1. The van der Waals surface area contributed by atoms with E-state index in [0.717, 1.165) is 0 Å². The van der Waals surface area contributed by atoms with Crippen molar-refractivity contribution in [2.24, 2.45) is 0 Å². The Morgan fingerprint density at radius 1 is 1.56 bits per heavy atom. The minimum Gasteiger partial charge on any atom is -0.395 e. The van der Waals surface area contributed by atoms with E-state index in [9.17, 15) is 4.39 Å². The summed E-state index contributed by atoms with van der Waals surface area (Å²) in [6.45, 7) is 0.558. The van der Waals surface area contributed by atoms with E-state index in [1.807, 2.05) is 0 Å². The smallest absolute Gasteiger partial charge is 0.129 e. The minimum absolute atomic E-state index is 0.0695. The topological polar surface area (TPSA) is 41.5 Å². The highest BCUT2D eigenvalue weighted by Crippen LogP contribution is 2.18. The van der Waals surface area contributed by atoms with Crippen molar-refractivity contribution < 1.29 is 14.2 Å². The third-order valence-electron chi connectivity index (χ3n) is 2.22. The Morgan fingerprint density at radius 2 is 2.31 bits per heavy atom. The molecule has 1 atom stereocenters. The van der Waals surface area contributed by atoms with Crippen molar-refractivity contribution in [3.63, 3.8) is 0 Å². The van der Waals surface area contributed by atoms with Gasteiger partial charge in [-0.25, -0.2) is 4.39 Å². The summed E-state index contributed by atoms with van der Waals surface area (Å²) >= 11 is 5.86. The van der Waals surface area contributed by atoms with Crippen LogP contribution in [0.15, 0.2) is 18.2 Å². The van der Waals surface area contributed by atoms with Crippen molar-refractivity contribution in [1.29, 1.82) is 0 Å². The fourth-order valence-corrected chi connectivity index (χ4v) is 1.55. The molecule has 0 amide bonds. The van der Waals surface area contributed by atoms with E-state index in [4.69, 9.17) is 21.4 Å². The Labute approximate surface area is 99.2 Å². The number of nitrogens with one attached hydrogen (secondary N) is 1. The zero-order valence-electron chi connectivity index (χ0n) is 9.04. The van der Waals surface area contributed by atoms with Crippen LogP contribution >= 0.6 is 11.6 Å². The third kappa shape index (κ3) is 3.72. The molecule has 0 aliphatic rings. The average molecular weight is 248 g/mol. The number of methoxy groups -OCH3 is 1. The molecule has 0 saturated heterocycles. The van der Waals surface area contributed by atoms with E-state index in [2.05, 4.69) is 5.32 Å². The standard InChI is InChI=1S/C11H15ClFNO2/c1-16-7-8(6-15)14-5-9-10(12)3-2-4-11(9)13/h2-4,8,14-15H,5-7H2,1H3. The number of aliphatic hydroxyl groups is 1. The molecule has 3 nitrogen and oxygen atoms in total. The van der Waals surface area contributed by atoms with Gasteiger partial charge in [0.2, 0.25) is 0 Å².